The van der Waals surface area contributed by atoms with E-state index < -0.39 is 29.0 Å². The second-order valence-electron chi connectivity index (χ2n) is 12.2. The minimum atomic E-state index is -0.772. The summed E-state index contributed by atoms with van der Waals surface area (Å²) in [5.41, 5.74) is 3.18. The molecule has 3 aromatic carbocycles. The van der Waals surface area contributed by atoms with Gasteiger partial charge in [0.05, 0.1) is 28.8 Å². The Morgan fingerprint density at radius 2 is 1.57 bits per heavy atom. The van der Waals surface area contributed by atoms with E-state index in [4.69, 9.17) is 4.74 Å². The molecule has 1 saturated heterocycles. The molecule has 1 fully saturated rings. The van der Waals surface area contributed by atoms with Crippen LogP contribution in [-0.2, 0) is 31.1 Å². The average molecular weight is 656 g/mol. The third-order valence-electron chi connectivity index (χ3n) is 8.18. The number of thiazole rings is 1. The number of carbonyl (C=O) groups is 4. The van der Waals surface area contributed by atoms with Crippen LogP contribution in [-0.4, -0.2) is 40.1 Å². The number of amides is 3. The van der Waals surface area contributed by atoms with E-state index >= 15 is 0 Å². The predicted molar refractivity (Wildman–Crippen MR) is 179 cm³/mol. The van der Waals surface area contributed by atoms with E-state index in [2.05, 4.69) is 26.1 Å². The number of para-hydroxylation sites is 1. The summed E-state index contributed by atoms with van der Waals surface area (Å²) in [5, 5.41) is 2.53. The molecule has 1 aromatic heterocycles. The number of aromatic nitrogens is 1. The van der Waals surface area contributed by atoms with Gasteiger partial charge in [-0.1, -0.05) is 86.3 Å². The van der Waals surface area contributed by atoms with Gasteiger partial charge in [-0.15, -0.1) is 0 Å². The molecule has 2 aliphatic rings. The summed E-state index contributed by atoms with van der Waals surface area (Å²) in [6, 6.07) is 23.2. The van der Waals surface area contributed by atoms with Crippen molar-refractivity contribution in [2.24, 2.45) is 5.92 Å². The van der Waals surface area contributed by atoms with Crippen LogP contribution in [0.15, 0.2) is 88.7 Å². The zero-order valence-electron chi connectivity index (χ0n) is 25.8. The van der Waals surface area contributed by atoms with Gasteiger partial charge in [-0.3, -0.25) is 23.7 Å². The molecule has 2 aliphatic heterocycles. The Bertz CT molecular complexity index is 1870. The number of anilines is 2. The van der Waals surface area contributed by atoms with Crippen molar-refractivity contribution in [3.63, 3.8) is 0 Å². The second kappa shape index (κ2) is 12.4. The van der Waals surface area contributed by atoms with Gasteiger partial charge in [-0.25, -0.2) is 9.69 Å². The van der Waals surface area contributed by atoms with Gasteiger partial charge in [-0.2, -0.15) is 0 Å². The van der Waals surface area contributed by atoms with Gasteiger partial charge >= 0.3 is 10.8 Å². The number of imide groups is 1. The van der Waals surface area contributed by atoms with Crippen LogP contribution in [0.1, 0.15) is 60.0 Å². The number of nitrogens with one attached hydrogen (secondary N) is 1. The third-order valence-corrected chi connectivity index (χ3v) is 10.8. The van der Waals surface area contributed by atoms with Crippen molar-refractivity contribution in [3.8, 4) is 0 Å². The van der Waals surface area contributed by atoms with Gasteiger partial charge in [0, 0.05) is 16.5 Å². The Morgan fingerprint density at radius 3 is 2.20 bits per heavy atom. The van der Waals surface area contributed by atoms with Gasteiger partial charge < -0.3 is 10.1 Å². The van der Waals surface area contributed by atoms with E-state index in [9.17, 15) is 24.0 Å². The van der Waals surface area contributed by atoms with Gasteiger partial charge in [0.1, 0.15) is 11.8 Å². The Labute approximate surface area is 274 Å². The monoisotopic (exact) mass is 655 g/mol. The summed E-state index contributed by atoms with van der Waals surface area (Å²) in [7, 11) is 0. The number of carbonyl (C=O) groups excluding carboxylic acids is 4. The Morgan fingerprint density at radius 1 is 0.891 bits per heavy atom. The maximum atomic E-state index is 14.1. The smallest absolute Gasteiger partial charge is 0.338 e. The van der Waals surface area contributed by atoms with E-state index in [1.54, 1.807) is 55.5 Å². The SMILES string of the molecule is CCOC(=O)c1ccc(NC(=O)Cn2c3c(sc2=O)C(c2ccc(C(C)(C)C)cc2)C2C(=O)N(c4ccccc4)C(=O)C2S3)cc1. The first-order valence-electron chi connectivity index (χ1n) is 15.0. The van der Waals surface area contributed by atoms with Crippen molar-refractivity contribution in [1.82, 2.24) is 4.57 Å². The van der Waals surface area contributed by atoms with E-state index in [1.807, 2.05) is 30.3 Å². The first-order valence-corrected chi connectivity index (χ1v) is 16.7. The fraction of sp³-hybridized carbons (Fsp3) is 0.286. The molecule has 3 atom stereocenters. The first-order chi connectivity index (χ1) is 22.0. The van der Waals surface area contributed by atoms with Crippen molar-refractivity contribution >= 4 is 58.2 Å². The fourth-order valence-electron chi connectivity index (χ4n) is 5.88. The third kappa shape index (κ3) is 5.80. The van der Waals surface area contributed by atoms with Crippen LogP contribution >= 0.6 is 23.1 Å². The Balaban J connectivity index is 1.35. The average Bonchev–Trinajstić information content (AvgIpc) is 3.47. The van der Waals surface area contributed by atoms with Crippen molar-refractivity contribution in [2.45, 2.75) is 55.8 Å². The van der Waals surface area contributed by atoms with Gasteiger partial charge in [0.2, 0.25) is 17.7 Å². The van der Waals surface area contributed by atoms with Crippen molar-refractivity contribution in [3.05, 3.63) is 110 Å². The minimum Gasteiger partial charge on any atom is -0.462 e. The lowest BCUT2D eigenvalue weighted by Crippen LogP contribution is -2.33. The molecule has 0 saturated carbocycles. The van der Waals surface area contributed by atoms with Crippen LogP contribution < -0.4 is 15.1 Å². The molecule has 46 heavy (non-hydrogen) atoms. The van der Waals surface area contributed by atoms with E-state index in [1.165, 1.54) is 21.2 Å². The summed E-state index contributed by atoms with van der Waals surface area (Å²) in [5.74, 6) is -2.81. The molecule has 3 amide bonds. The normalized spacial score (nSPS) is 19.0. The van der Waals surface area contributed by atoms with Crippen molar-refractivity contribution in [1.29, 1.82) is 0 Å². The Kier molecular flexibility index (Phi) is 8.47. The first kappa shape index (κ1) is 31.5. The summed E-state index contributed by atoms with van der Waals surface area (Å²) >= 11 is 2.19. The quantitative estimate of drug-likeness (QED) is 0.197. The summed E-state index contributed by atoms with van der Waals surface area (Å²) in [6.07, 6.45) is 0. The Hall–Kier alpha value is -4.48. The molecule has 236 valence electrons. The number of rotatable bonds is 7. The van der Waals surface area contributed by atoms with Crippen LogP contribution in [0.25, 0.3) is 0 Å². The number of hydrogen-bond donors (Lipinski definition) is 1. The highest BCUT2D eigenvalue weighted by molar-refractivity contribution is 8.00. The number of thioether (sulfide) groups is 1. The molecule has 0 spiro atoms. The molecule has 11 heteroatoms. The van der Waals surface area contributed by atoms with Crippen LogP contribution in [0, 0.1) is 5.92 Å². The van der Waals surface area contributed by atoms with Crippen LogP contribution in [0.5, 0.6) is 0 Å². The van der Waals surface area contributed by atoms with Crippen LogP contribution in [0.3, 0.4) is 0 Å². The van der Waals surface area contributed by atoms with E-state index in [0.29, 0.717) is 26.8 Å². The highest BCUT2D eigenvalue weighted by Crippen LogP contribution is 2.54. The zero-order valence-corrected chi connectivity index (χ0v) is 27.4. The minimum absolute atomic E-state index is 0.0848. The maximum absolute atomic E-state index is 14.1. The molecule has 6 rings (SSSR count). The highest BCUT2D eigenvalue weighted by Gasteiger charge is 2.56. The molecule has 0 aliphatic carbocycles. The van der Waals surface area contributed by atoms with Gasteiger partial charge in [0.15, 0.2) is 0 Å². The van der Waals surface area contributed by atoms with Crippen LogP contribution in [0.4, 0.5) is 11.4 Å². The van der Waals surface area contributed by atoms with E-state index in [0.717, 1.165) is 22.5 Å². The number of ether oxygens (including phenoxy) is 1. The molecule has 9 nitrogen and oxygen atoms in total. The molecule has 1 N–H and O–H groups in total. The number of nitrogens with zero attached hydrogens (tertiary/aromatic N) is 2. The predicted octanol–water partition coefficient (Wildman–Crippen LogP) is 5.82. The molecule has 4 aromatic rings. The molecular weight excluding hydrogens is 623 g/mol. The number of fused-ring (bicyclic) bond motifs is 2. The zero-order chi connectivity index (χ0) is 32.7. The fourth-order valence-corrected chi connectivity index (χ4v) is 8.66. The lowest BCUT2D eigenvalue weighted by atomic mass is 9.81. The molecular formula is C35H33N3O6S2. The van der Waals surface area contributed by atoms with Gasteiger partial charge in [-0.05, 0) is 59.9 Å². The number of hydrogen-bond acceptors (Lipinski definition) is 8. The number of esters is 1. The summed E-state index contributed by atoms with van der Waals surface area (Å²) in [4.78, 5) is 68.2. The van der Waals surface area contributed by atoms with Gasteiger partial charge in [0.25, 0.3) is 0 Å². The maximum Gasteiger partial charge on any atom is 0.338 e. The largest absolute Gasteiger partial charge is 0.462 e. The molecule has 3 heterocycles. The highest BCUT2D eigenvalue weighted by atomic mass is 32.2. The standard InChI is InChI=1S/C35H33N3O6S2/c1-5-44-33(42)21-13-17-23(18-14-21)36-25(39)19-37-32-29(46-34(37)43)26(20-11-15-22(16-12-20)35(2,3)4)27-28(45-32)31(41)38(30(27)40)24-9-7-6-8-10-24/h6-18,26-28H,5,19H2,1-4H3,(H,36,39). The topological polar surface area (TPSA) is 115 Å². The summed E-state index contributed by atoms with van der Waals surface area (Å²) in [6.45, 7) is 8.06. The molecule has 0 bridgehead atoms. The number of benzene rings is 3. The van der Waals surface area contributed by atoms with Crippen molar-refractivity contribution in [2.75, 3.05) is 16.8 Å². The van der Waals surface area contributed by atoms with Crippen molar-refractivity contribution < 1.29 is 23.9 Å². The lowest BCUT2D eigenvalue weighted by molar-refractivity contribution is -0.122. The lowest BCUT2D eigenvalue weighted by Gasteiger charge is -2.31. The second-order valence-corrected chi connectivity index (χ2v) is 14.4. The molecule has 0 radical (unpaired) electrons. The summed E-state index contributed by atoms with van der Waals surface area (Å²) < 4.78 is 6.40. The van der Waals surface area contributed by atoms with Crippen LogP contribution in [0.2, 0.25) is 0 Å². The molecule has 3 unspecified atom stereocenters. The van der Waals surface area contributed by atoms with E-state index in [-0.39, 0.29) is 35.3 Å².